The van der Waals surface area contributed by atoms with Gasteiger partial charge >= 0.3 is 0 Å². The molecule has 1 saturated heterocycles. The number of amides is 1. The van der Waals surface area contributed by atoms with Crippen LogP contribution >= 0.6 is 0 Å². The molecular weight excluding hydrogens is 204 g/mol. The lowest BCUT2D eigenvalue weighted by molar-refractivity contribution is -0.119. The van der Waals surface area contributed by atoms with Crippen LogP contribution in [-0.4, -0.2) is 29.7 Å². The van der Waals surface area contributed by atoms with Crippen LogP contribution in [0.15, 0.2) is 0 Å². The van der Waals surface area contributed by atoms with Gasteiger partial charge in [-0.25, -0.2) is 0 Å². The second-order valence-electron chi connectivity index (χ2n) is 4.98. The van der Waals surface area contributed by atoms with Gasteiger partial charge in [0.05, 0.1) is 12.1 Å². The highest BCUT2D eigenvalue weighted by Gasteiger charge is 2.18. The Hall–Kier alpha value is -0.610. The van der Waals surface area contributed by atoms with Crippen LogP contribution in [0.5, 0.6) is 0 Å². The fourth-order valence-electron chi connectivity index (χ4n) is 2.33. The van der Waals surface area contributed by atoms with Crippen molar-refractivity contribution in [3.63, 3.8) is 0 Å². The zero-order valence-corrected chi connectivity index (χ0v) is 10.1. The molecule has 4 N–H and O–H groups in total. The number of aliphatic hydroxyl groups is 1. The number of aliphatic hydroxyl groups excluding tert-OH is 1. The quantitative estimate of drug-likeness (QED) is 0.621. The molecule has 0 spiro atoms. The van der Waals surface area contributed by atoms with Gasteiger partial charge in [0.25, 0.3) is 0 Å². The normalized spacial score (nSPS) is 34.0. The molecule has 2 rings (SSSR count). The van der Waals surface area contributed by atoms with Crippen LogP contribution in [0.25, 0.3) is 0 Å². The summed E-state index contributed by atoms with van der Waals surface area (Å²) in [5.74, 6) is 0.543. The van der Waals surface area contributed by atoms with Crippen molar-refractivity contribution in [1.29, 1.82) is 0 Å². The van der Waals surface area contributed by atoms with Crippen molar-refractivity contribution in [1.82, 2.24) is 5.32 Å². The van der Waals surface area contributed by atoms with E-state index in [1.54, 1.807) is 0 Å². The van der Waals surface area contributed by atoms with E-state index >= 15 is 0 Å². The van der Waals surface area contributed by atoms with Gasteiger partial charge in [0.1, 0.15) is 0 Å². The summed E-state index contributed by atoms with van der Waals surface area (Å²) in [5, 5.41) is 12.1. The number of carbonyl (C=O) groups is 1. The number of carbonyl (C=O) groups excluding carboxylic acids is 1. The molecule has 94 valence electrons. The molecule has 0 aromatic heterocycles. The molecule has 3 unspecified atom stereocenters. The summed E-state index contributed by atoms with van der Waals surface area (Å²) in [7, 11) is 0. The van der Waals surface area contributed by atoms with E-state index in [1.807, 2.05) is 0 Å². The van der Waals surface area contributed by atoms with Crippen LogP contribution in [-0.2, 0) is 4.79 Å². The first-order valence-electron chi connectivity index (χ1n) is 6.30. The number of rotatable bonds is 1. The molecule has 4 heteroatoms. The summed E-state index contributed by atoms with van der Waals surface area (Å²) in [6.07, 6.45) is 6.60. The minimum atomic E-state index is -0.220. The second-order valence-corrected chi connectivity index (χ2v) is 4.98. The van der Waals surface area contributed by atoms with Crippen LogP contribution in [0.3, 0.4) is 0 Å². The molecule has 1 heterocycles. The van der Waals surface area contributed by atoms with Crippen molar-refractivity contribution in [2.45, 2.75) is 57.6 Å². The second kappa shape index (κ2) is 6.86. The summed E-state index contributed by atoms with van der Waals surface area (Å²) in [4.78, 5) is 10.4. The monoisotopic (exact) mass is 228 g/mol. The maximum atomic E-state index is 10.4. The predicted molar refractivity (Wildman–Crippen MR) is 63.9 cm³/mol. The Kier molecular flexibility index (Phi) is 5.77. The van der Waals surface area contributed by atoms with E-state index in [9.17, 15) is 4.79 Å². The van der Waals surface area contributed by atoms with Gasteiger partial charge in [0.15, 0.2) is 0 Å². The van der Waals surface area contributed by atoms with Gasteiger partial charge in [0.2, 0.25) is 5.91 Å². The van der Waals surface area contributed by atoms with Gasteiger partial charge in [-0.2, -0.15) is 0 Å². The van der Waals surface area contributed by atoms with Gasteiger partial charge in [-0.1, -0.05) is 19.8 Å². The maximum Gasteiger partial charge on any atom is 0.234 e. The Labute approximate surface area is 97.6 Å². The molecule has 1 saturated carbocycles. The Balaban J connectivity index is 0.000000160. The lowest BCUT2D eigenvalue weighted by Crippen LogP contribution is -2.36. The lowest BCUT2D eigenvalue weighted by atomic mass is 9.89. The van der Waals surface area contributed by atoms with Crippen LogP contribution in [0.2, 0.25) is 0 Å². The first-order chi connectivity index (χ1) is 7.59. The zero-order chi connectivity index (χ0) is 12.0. The third kappa shape index (κ3) is 4.94. The highest BCUT2D eigenvalue weighted by Crippen LogP contribution is 2.22. The number of primary amides is 1. The van der Waals surface area contributed by atoms with Crippen LogP contribution < -0.4 is 11.1 Å². The molecule has 0 aromatic carbocycles. The Morgan fingerprint density at radius 1 is 1.31 bits per heavy atom. The van der Waals surface area contributed by atoms with Crippen molar-refractivity contribution in [2.24, 2.45) is 11.7 Å². The summed E-state index contributed by atoms with van der Waals surface area (Å²) in [6, 6.07) is -0.0463. The molecule has 4 nitrogen and oxygen atoms in total. The van der Waals surface area contributed by atoms with E-state index < -0.39 is 0 Å². The summed E-state index contributed by atoms with van der Waals surface area (Å²) >= 11 is 0. The number of nitrogens with one attached hydrogen (secondary N) is 1. The first-order valence-corrected chi connectivity index (χ1v) is 6.30. The van der Waals surface area contributed by atoms with E-state index in [0.717, 1.165) is 38.1 Å². The number of hydrogen-bond donors (Lipinski definition) is 3. The maximum absolute atomic E-state index is 10.4. The SMILES string of the molecule is CC1CCCC(O)C1.NC(=O)C1CCCN1. The van der Waals surface area contributed by atoms with Gasteiger partial charge < -0.3 is 16.2 Å². The molecule has 1 aliphatic heterocycles. The van der Waals surface area contributed by atoms with E-state index in [4.69, 9.17) is 10.8 Å². The molecule has 2 aliphatic rings. The predicted octanol–water partition coefficient (Wildman–Crippen LogP) is 0.781. The van der Waals surface area contributed by atoms with Gasteiger partial charge in [-0.15, -0.1) is 0 Å². The largest absolute Gasteiger partial charge is 0.393 e. The van der Waals surface area contributed by atoms with E-state index in [2.05, 4.69) is 12.2 Å². The number of hydrogen-bond acceptors (Lipinski definition) is 3. The molecule has 2 fully saturated rings. The van der Waals surface area contributed by atoms with Crippen molar-refractivity contribution in [3.8, 4) is 0 Å². The van der Waals surface area contributed by atoms with E-state index in [0.29, 0.717) is 0 Å². The smallest absolute Gasteiger partial charge is 0.234 e. The highest BCUT2D eigenvalue weighted by atomic mass is 16.3. The van der Waals surface area contributed by atoms with Crippen LogP contribution in [0, 0.1) is 5.92 Å². The highest BCUT2D eigenvalue weighted by molar-refractivity contribution is 5.80. The molecular formula is C12H24N2O2. The van der Waals surface area contributed by atoms with E-state index in [1.165, 1.54) is 12.8 Å². The van der Waals surface area contributed by atoms with Crippen LogP contribution in [0.4, 0.5) is 0 Å². The van der Waals surface area contributed by atoms with Crippen molar-refractivity contribution in [3.05, 3.63) is 0 Å². The summed E-state index contributed by atoms with van der Waals surface area (Å²) in [6.45, 7) is 3.15. The minimum absolute atomic E-state index is 0.0127. The standard InChI is InChI=1S/C7H14O.C5H10N2O/c1-6-3-2-4-7(8)5-6;6-5(8)4-2-1-3-7-4/h6-8H,2-5H2,1H3;4,7H,1-3H2,(H2,6,8). The summed E-state index contributed by atoms with van der Waals surface area (Å²) in [5.41, 5.74) is 5.00. The Bertz CT molecular complexity index is 207. The molecule has 0 aromatic rings. The Morgan fingerprint density at radius 3 is 2.38 bits per heavy atom. The fraction of sp³-hybridized carbons (Fsp3) is 0.917. The third-order valence-corrected chi connectivity index (χ3v) is 3.31. The molecule has 0 radical (unpaired) electrons. The fourth-order valence-corrected chi connectivity index (χ4v) is 2.33. The average Bonchev–Trinajstić information content (AvgIpc) is 2.70. The molecule has 1 amide bonds. The van der Waals surface area contributed by atoms with Crippen molar-refractivity contribution in [2.75, 3.05) is 6.54 Å². The van der Waals surface area contributed by atoms with Gasteiger partial charge in [-0.05, 0) is 38.1 Å². The minimum Gasteiger partial charge on any atom is -0.393 e. The van der Waals surface area contributed by atoms with Gasteiger partial charge in [0, 0.05) is 0 Å². The molecule has 1 aliphatic carbocycles. The van der Waals surface area contributed by atoms with Crippen LogP contribution in [0.1, 0.15) is 45.4 Å². The first kappa shape index (κ1) is 13.5. The number of nitrogens with two attached hydrogens (primary N) is 1. The molecule has 3 atom stereocenters. The van der Waals surface area contributed by atoms with Crippen molar-refractivity contribution >= 4 is 5.91 Å². The lowest BCUT2D eigenvalue weighted by Gasteiger charge is -2.21. The molecule has 0 bridgehead atoms. The average molecular weight is 228 g/mol. The summed E-state index contributed by atoms with van der Waals surface area (Å²) < 4.78 is 0. The topological polar surface area (TPSA) is 75.3 Å². The van der Waals surface area contributed by atoms with Crippen molar-refractivity contribution < 1.29 is 9.90 Å². The molecule has 16 heavy (non-hydrogen) atoms. The third-order valence-electron chi connectivity index (χ3n) is 3.31. The van der Waals surface area contributed by atoms with Gasteiger partial charge in [-0.3, -0.25) is 4.79 Å². The Morgan fingerprint density at radius 2 is 2.06 bits per heavy atom. The zero-order valence-electron chi connectivity index (χ0n) is 10.1. The van der Waals surface area contributed by atoms with E-state index in [-0.39, 0.29) is 18.1 Å².